The van der Waals surface area contributed by atoms with Crippen molar-refractivity contribution < 1.29 is 27.4 Å². The number of halogens is 2. The van der Waals surface area contributed by atoms with Gasteiger partial charge in [-0.15, -0.1) is 0 Å². The number of alkyl halides is 2. The maximum atomic E-state index is 11.5. The second-order valence-electron chi connectivity index (χ2n) is 2.04. The predicted octanol–water partition coefficient (Wildman–Crippen LogP) is 2.29. The van der Waals surface area contributed by atoms with Crippen LogP contribution in [0.2, 0.25) is 0 Å². The summed E-state index contributed by atoms with van der Waals surface area (Å²) in [7, 11) is -2.87. The number of carbonyl (C=O) groups is 1. The summed E-state index contributed by atoms with van der Waals surface area (Å²) in [5, 5.41) is 0. The average molecular weight is 216 g/mol. The topological polar surface area (TPSA) is 52.6 Å². The maximum Gasteiger partial charge on any atom is 0.388 e. The van der Waals surface area contributed by atoms with E-state index >= 15 is 0 Å². The molecule has 0 aliphatic heterocycles. The molecule has 0 aliphatic carbocycles. The molecule has 0 saturated carbocycles. The van der Waals surface area contributed by atoms with Crippen LogP contribution in [0.15, 0.2) is 0 Å². The van der Waals surface area contributed by atoms with Gasteiger partial charge in [0.1, 0.15) is 0 Å². The Morgan fingerprint density at radius 2 is 2.15 bits per heavy atom. The van der Waals surface area contributed by atoms with Gasteiger partial charge < -0.3 is 9.26 Å². The van der Waals surface area contributed by atoms with Gasteiger partial charge in [0.15, 0.2) is 0 Å². The lowest BCUT2D eigenvalue weighted by Crippen LogP contribution is -2.04. The number of carbonyl (C=O) groups excluding carboxylic acids is 1. The fourth-order valence-electron chi connectivity index (χ4n) is 0.490. The Bertz CT molecular complexity index is 185. The largest absolute Gasteiger partial charge is 0.458 e. The minimum Gasteiger partial charge on any atom is -0.458 e. The van der Waals surface area contributed by atoms with Crippen molar-refractivity contribution in [2.24, 2.45) is 0 Å². The van der Waals surface area contributed by atoms with Crippen molar-refractivity contribution in [2.75, 3.05) is 13.2 Å². The summed E-state index contributed by atoms with van der Waals surface area (Å²) in [6, 6.07) is 0. The first kappa shape index (κ1) is 12.5. The Kier molecular flexibility index (Phi) is 6.72. The van der Waals surface area contributed by atoms with Gasteiger partial charge in [0.05, 0.1) is 13.2 Å². The highest BCUT2D eigenvalue weighted by molar-refractivity contribution is 7.58. The molecule has 0 aromatic heterocycles. The second kappa shape index (κ2) is 6.97. The third kappa shape index (κ3) is 6.66. The van der Waals surface area contributed by atoms with Crippen molar-refractivity contribution in [1.82, 2.24) is 0 Å². The zero-order valence-electron chi connectivity index (χ0n) is 7.09. The van der Waals surface area contributed by atoms with Crippen LogP contribution < -0.4 is 0 Å². The van der Waals surface area contributed by atoms with Gasteiger partial charge in [0.2, 0.25) is 6.43 Å². The van der Waals surface area contributed by atoms with E-state index in [1.54, 1.807) is 6.92 Å². The molecule has 78 valence electrons. The van der Waals surface area contributed by atoms with Gasteiger partial charge >= 0.3 is 5.71 Å². The quantitative estimate of drug-likeness (QED) is 0.639. The van der Waals surface area contributed by atoms with E-state index in [1.807, 2.05) is 0 Å². The van der Waals surface area contributed by atoms with Crippen LogP contribution in [0.3, 0.4) is 0 Å². The molecule has 0 N–H and O–H groups in total. The SMILES string of the molecule is CCO[PH](=O)C(=O)OCCC(F)F. The molecule has 0 amide bonds. The zero-order chi connectivity index (χ0) is 10.3. The Hall–Kier alpha value is -0.480. The van der Waals surface area contributed by atoms with Crippen LogP contribution in [0.4, 0.5) is 13.6 Å². The molecule has 0 radical (unpaired) electrons. The van der Waals surface area contributed by atoms with E-state index in [0.29, 0.717) is 0 Å². The van der Waals surface area contributed by atoms with Crippen molar-refractivity contribution >= 4 is 13.7 Å². The van der Waals surface area contributed by atoms with Gasteiger partial charge in [0, 0.05) is 6.42 Å². The maximum absolute atomic E-state index is 11.5. The molecule has 0 heterocycles. The fraction of sp³-hybridized carbons (Fsp3) is 0.833. The van der Waals surface area contributed by atoms with E-state index < -0.39 is 33.2 Å². The molecule has 7 heteroatoms. The predicted molar refractivity (Wildman–Crippen MR) is 42.6 cm³/mol. The van der Waals surface area contributed by atoms with E-state index in [-0.39, 0.29) is 6.61 Å². The third-order valence-corrected chi connectivity index (χ3v) is 2.04. The number of ether oxygens (including phenoxy) is 1. The summed E-state index contributed by atoms with van der Waals surface area (Å²) in [6.07, 6.45) is -3.07. The smallest absolute Gasteiger partial charge is 0.388 e. The highest BCUT2D eigenvalue weighted by atomic mass is 31.1. The molecule has 0 aliphatic rings. The standard InChI is InChI=1S/C6H11F2O4P/c1-2-12-13(10)6(9)11-4-3-5(7)8/h5,13H,2-4H2,1H3. The van der Waals surface area contributed by atoms with Crippen LogP contribution in [0.5, 0.6) is 0 Å². The zero-order valence-corrected chi connectivity index (χ0v) is 8.09. The van der Waals surface area contributed by atoms with Gasteiger partial charge in [0.25, 0.3) is 8.03 Å². The molecule has 13 heavy (non-hydrogen) atoms. The summed E-state index contributed by atoms with van der Waals surface area (Å²) in [5.74, 6) is 0. The van der Waals surface area contributed by atoms with Crippen molar-refractivity contribution in [2.45, 2.75) is 19.8 Å². The molecule has 4 nitrogen and oxygen atoms in total. The monoisotopic (exact) mass is 216 g/mol. The van der Waals surface area contributed by atoms with Crippen LogP contribution in [0.1, 0.15) is 13.3 Å². The minimum atomic E-state index is -2.87. The molecule has 0 rings (SSSR count). The normalized spacial score (nSPS) is 12.9. The van der Waals surface area contributed by atoms with Crippen molar-refractivity contribution in [3.8, 4) is 0 Å². The summed E-state index contributed by atoms with van der Waals surface area (Å²) < 4.78 is 42.5. The molecule has 0 fully saturated rings. The van der Waals surface area contributed by atoms with Crippen LogP contribution in [0, 0.1) is 0 Å². The second-order valence-corrected chi connectivity index (χ2v) is 3.31. The van der Waals surface area contributed by atoms with Crippen molar-refractivity contribution in [3.63, 3.8) is 0 Å². The number of hydrogen-bond acceptors (Lipinski definition) is 4. The Morgan fingerprint density at radius 3 is 2.62 bits per heavy atom. The Balaban J connectivity index is 3.56. The first-order valence-corrected chi connectivity index (χ1v) is 5.01. The lowest BCUT2D eigenvalue weighted by Gasteiger charge is -2.03. The average Bonchev–Trinajstić information content (AvgIpc) is 2.04. The number of hydrogen-bond donors (Lipinski definition) is 0. The van der Waals surface area contributed by atoms with Gasteiger partial charge in [-0.05, 0) is 6.92 Å². The van der Waals surface area contributed by atoms with E-state index in [2.05, 4.69) is 9.26 Å². The molecular formula is C6H11F2O4P. The molecule has 0 aromatic carbocycles. The third-order valence-electron chi connectivity index (χ3n) is 1.01. The van der Waals surface area contributed by atoms with E-state index in [4.69, 9.17) is 0 Å². The summed E-state index contributed by atoms with van der Waals surface area (Å²) >= 11 is 0. The van der Waals surface area contributed by atoms with Gasteiger partial charge in [-0.2, -0.15) is 0 Å². The van der Waals surface area contributed by atoms with E-state index in [1.165, 1.54) is 0 Å². The van der Waals surface area contributed by atoms with Crippen LogP contribution in [-0.2, 0) is 13.8 Å². The molecule has 0 spiro atoms. The fourth-order valence-corrected chi connectivity index (χ4v) is 1.09. The summed E-state index contributed by atoms with van der Waals surface area (Å²) in [5.41, 5.74) is -1.05. The van der Waals surface area contributed by atoms with Crippen LogP contribution in [-0.4, -0.2) is 25.3 Å². The molecular weight excluding hydrogens is 205 g/mol. The van der Waals surface area contributed by atoms with Crippen LogP contribution in [0.25, 0.3) is 0 Å². The lowest BCUT2D eigenvalue weighted by molar-refractivity contribution is 0.0974. The first-order valence-electron chi connectivity index (χ1n) is 3.70. The molecule has 1 atom stereocenters. The lowest BCUT2D eigenvalue weighted by atomic mass is 10.5. The van der Waals surface area contributed by atoms with Crippen molar-refractivity contribution in [1.29, 1.82) is 0 Å². The van der Waals surface area contributed by atoms with Gasteiger partial charge in [-0.1, -0.05) is 0 Å². The number of rotatable bonds is 6. The summed E-state index contributed by atoms with van der Waals surface area (Å²) in [4.78, 5) is 10.7. The van der Waals surface area contributed by atoms with Gasteiger partial charge in [-0.25, -0.2) is 13.6 Å². The van der Waals surface area contributed by atoms with E-state index in [0.717, 1.165) is 0 Å². The first-order chi connectivity index (χ1) is 6.07. The van der Waals surface area contributed by atoms with E-state index in [9.17, 15) is 18.1 Å². The minimum absolute atomic E-state index is 0.127. The molecule has 0 bridgehead atoms. The molecule has 0 aromatic rings. The van der Waals surface area contributed by atoms with Crippen molar-refractivity contribution in [3.05, 3.63) is 0 Å². The molecule has 1 unspecified atom stereocenters. The Labute approximate surface area is 75.1 Å². The molecule has 0 saturated heterocycles. The highest BCUT2D eigenvalue weighted by Gasteiger charge is 2.13. The Morgan fingerprint density at radius 1 is 1.54 bits per heavy atom. The highest BCUT2D eigenvalue weighted by Crippen LogP contribution is 2.24. The summed E-state index contributed by atoms with van der Waals surface area (Å²) in [6.45, 7) is 1.26. The van der Waals surface area contributed by atoms with Gasteiger partial charge in [-0.3, -0.25) is 4.57 Å². The van der Waals surface area contributed by atoms with Crippen LogP contribution >= 0.6 is 8.03 Å².